The van der Waals surface area contributed by atoms with Gasteiger partial charge in [-0.25, -0.2) is 0 Å². The van der Waals surface area contributed by atoms with Gasteiger partial charge >= 0.3 is 0 Å². The minimum atomic E-state index is 0.125. The fraction of sp³-hybridized carbons (Fsp3) is 0.615. The number of aromatic nitrogens is 1. The van der Waals surface area contributed by atoms with Gasteiger partial charge in [0.05, 0.1) is 6.61 Å². The van der Waals surface area contributed by atoms with E-state index >= 15 is 0 Å². The van der Waals surface area contributed by atoms with Crippen molar-refractivity contribution in [2.75, 3.05) is 26.8 Å². The summed E-state index contributed by atoms with van der Waals surface area (Å²) in [4.78, 5) is 11.7. The maximum absolute atomic E-state index is 11.7. The Morgan fingerprint density at radius 3 is 2.94 bits per heavy atom. The van der Waals surface area contributed by atoms with Crippen LogP contribution >= 0.6 is 0 Å². The van der Waals surface area contributed by atoms with E-state index < -0.39 is 0 Å². The molecule has 4 heteroatoms. The first-order valence-electron chi connectivity index (χ1n) is 6.11. The first-order valence-corrected chi connectivity index (χ1v) is 6.11. The Kier molecular flexibility index (Phi) is 6.58. The Labute approximate surface area is 103 Å². The normalized spacial score (nSPS) is 10.7. The summed E-state index contributed by atoms with van der Waals surface area (Å²) >= 11 is 0. The number of aryl methyl sites for hydroxylation is 2. The van der Waals surface area contributed by atoms with E-state index in [9.17, 15) is 4.79 Å². The van der Waals surface area contributed by atoms with Gasteiger partial charge in [0.1, 0.15) is 0 Å². The number of rotatable bonds is 8. The third-order valence-corrected chi connectivity index (χ3v) is 2.70. The molecule has 0 spiro atoms. The molecule has 0 aliphatic rings. The second kappa shape index (κ2) is 8.03. The highest BCUT2D eigenvalue weighted by molar-refractivity contribution is 5.07. The fourth-order valence-electron chi connectivity index (χ4n) is 1.66. The van der Waals surface area contributed by atoms with Crippen molar-refractivity contribution < 1.29 is 4.74 Å². The summed E-state index contributed by atoms with van der Waals surface area (Å²) in [7, 11) is 1.70. The molecule has 0 aromatic carbocycles. The summed E-state index contributed by atoms with van der Waals surface area (Å²) < 4.78 is 6.72. The van der Waals surface area contributed by atoms with Crippen LogP contribution in [0.2, 0.25) is 0 Å². The molecule has 1 aromatic rings. The Hall–Kier alpha value is -1.13. The minimum Gasteiger partial charge on any atom is -0.383 e. The van der Waals surface area contributed by atoms with Gasteiger partial charge in [-0.1, -0.05) is 6.07 Å². The van der Waals surface area contributed by atoms with Gasteiger partial charge in [-0.3, -0.25) is 4.79 Å². The molecular formula is C13H22N2O2. The molecule has 0 amide bonds. The van der Waals surface area contributed by atoms with Crippen molar-refractivity contribution in [2.24, 2.45) is 0 Å². The van der Waals surface area contributed by atoms with Gasteiger partial charge in [-0.15, -0.1) is 0 Å². The van der Waals surface area contributed by atoms with E-state index in [4.69, 9.17) is 4.74 Å². The second-order valence-corrected chi connectivity index (χ2v) is 4.14. The molecule has 1 rings (SSSR count). The lowest BCUT2D eigenvalue weighted by Crippen LogP contribution is -2.23. The van der Waals surface area contributed by atoms with E-state index in [0.29, 0.717) is 0 Å². The van der Waals surface area contributed by atoms with Gasteiger partial charge in [0, 0.05) is 32.0 Å². The lowest BCUT2D eigenvalue weighted by Gasteiger charge is -2.07. The smallest absolute Gasteiger partial charge is 0.253 e. The van der Waals surface area contributed by atoms with Crippen LogP contribution in [-0.2, 0) is 11.3 Å². The van der Waals surface area contributed by atoms with Crippen molar-refractivity contribution in [3.05, 3.63) is 34.2 Å². The molecule has 0 saturated heterocycles. The molecule has 0 aliphatic carbocycles. The molecule has 0 atom stereocenters. The number of ether oxygens (including phenoxy) is 1. The second-order valence-electron chi connectivity index (χ2n) is 4.14. The van der Waals surface area contributed by atoms with Crippen molar-refractivity contribution >= 4 is 0 Å². The zero-order chi connectivity index (χ0) is 12.5. The van der Waals surface area contributed by atoms with Crippen molar-refractivity contribution in [2.45, 2.75) is 26.3 Å². The summed E-state index contributed by atoms with van der Waals surface area (Å²) in [6.07, 6.45) is 3.95. The summed E-state index contributed by atoms with van der Waals surface area (Å²) in [5, 5.41) is 3.29. The number of methoxy groups -OCH3 is 1. The van der Waals surface area contributed by atoms with Gasteiger partial charge in [0.2, 0.25) is 0 Å². The van der Waals surface area contributed by atoms with E-state index in [1.807, 2.05) is 25.3 Å². The maximum Gasteiger partial charge on any atom is 0.253 e. The molecule has 0 aliphatic heterocycles. The summed E-state index contributed by atoms with van der Waals surface area (Å²) in [6, 6.07) is 3.78. The lowest BCUT2D eigenvalue weighted by molar-refractivity contribution is 0.199. The van der Waals surface area contributed by atoms with Crippen LogP contribution < -0.4 is 10.9 Å². The van der Waals surface area contributed by atoms with E-state index in [1.54, 1.807) is 11.7 Å². The summed E-state index contributed by atoms with van der Waals surface area (Å²) in [5.74, 6) is 0. The molecule has 1 aromatic heterocycles. The van der Waals surface area contributed by atoms with Crippen molar-refractivity contribution in [3.63, 3.8) is 0 Å². The predicted octanol–water partition coefficient (Wildman–Crippen LogP) is 1.17. The monoisotopic (exact) mass is 238 g/mol. The molecule has 0 radical (unpaired) electrons. The highest BCUT2D eigenvalue weighted by Crippen LogP contribution is 1.94. The van der Waals surface area contributed by atoms with Crippen molar-refractivity contribution in [1.29, 1.82) is 0 Å². The number of nitrogens with one attached hydrogen (secondary N) is 1. The fourth-order valence-corrected chi connectivity index (χ4v) is 1.66. The Morgan fingerprint density at radius 1 is 1.35 bits per heavy atom. The number of unbranched alkanes of at least 4 members (excludes halogenated alkanes) is 1. The number of hydrogen-bond donors (Lipinski definition) is 1. The highest BCUT2D eigenvalue weighted by Gasteiger charge is 1.97. The average Bonchev–Trinajstić information content (AvgIpc) is 2.33. The zero-order valence-electron chi connectivity index (χ0n) is 10.7. The Balaban J connectivity index is 2.18. The van der Waals surface area contributed by atoms with Gasteiger partial charge in [0.15, 0.2) is 0 Å². The molecule has 1 heterocycles. The van der Waals surface area contributed by atoms with Gasteiger partial charge in [-0.05, 0) is 32.4 Å². The first-order chi connectivity index (χ1) is 8.25. The topological polar surface area (TPSA) is 43.3 Å². The SMILES string of the molecule is COCCNCCCCn1cccc(C)c1=O. The van der Waals surface area contributed by atoms with Crippen LogP contribution in [-0.4, -0.2) is 31.4 Å². The average molecular weight is 238 g/mol. The highest BCUT2D eigenvalue weighted by atomic mass is 16.5. The zero-order valence-corrected chi connectivity index (χ0v) is 10.7. The standard InChI is InChI=1S/C13H22N2O2/c1-12-6-5-10-15(13(12)16)9-4-3-7-14-8-11-17-2/h5-6,10,14H,3-4,7-9,11H2,1-2H3. The molecule has 0 bridgehead atoms. The molecule has 96 valence electrons. The van der Waals surface area contributed by atoms with Crippen molar-refractivity contribution in [3.8, 4) is 0 Å². The number of pyridine rings is 1. The lowest BCUT2D eigenvalue weighted by atomic mass is 10.2. The molecule has 17 heavy (non-hydrogen) atoms. The van der Waals surface area contributed by atoms with Crippen LogP contribution in [0.25, 0.3) is 0 Å². The third-order valence-electron chi connectivity index (χ3n) is 2.70. The van der Waals surface area contributed by atoms with Crippen LogP contribution in [0.5, 0.6) is 0 Å². The Bertz CT molecular complexity index is 374. The van der Waals surface area contributed by atoms with Gasteiger partial charge < -0.3 is 14.6 Å². The third kappa shape index (κ3) is 5.15. The largest absolute Gasteiger partial charge is 0.383 e. The number of nitrogens with zero attached hydrogens (tertiary/aromatic N) is 1. The first kappa shape index (κ1) is 13.9. The molecule has 1 N–H and O–H groups in total. The van der Waals surface area contributed by atoms with E-state index in [2.05, 4.69) is 5.32 Å². The molecule has 0 fully saturated rings. The quantitative estimate of drug-likeness (QED) is 0.691. The van der Waals surface area contributed by atoms with Crippen LogP contribution in [0, 0.1) is 6.92 Å². The van der Waals surface area contributed by atoms with E-state index in [1.165, 1.54) is 0 Å². The number of hydrogen-bond acceptors (Lipinski definition) is 3. The van der Waals surface area contributed by atoms with Gasteiger partial charge in [-0.2, -0.15) is 0 Å². The van der Waals surface area contributed by atoms with Gasteiger partial charge in [0.25, 0.3) is 5.56 Å². The molecule has 4 nitrogen and oxygen atoms in total. The predicted molar refractivity (Wildman–Crippen MR) is 69.4 cm³/mol. The minimum absolute atomic E-state index is 0.125. The van der Waals surface area contributed by atoms with Crippen LogP contribution in [0.4, 0.5) is 0 Å². The van der Waals surface area contributed by atoms with Crippen LogP contribution in [0.15, 0.2) is 23.1 Å². The Morgan fingerprint density at radius 2 is 2.18 bits per heavy atom. The molecule has 0 saturated carbocycles. The molecular weight excluding hydrogens is 216 g/mol. The van der Waals surface area contributed by atoms with E-state index in [-0.39, 0.29) is 5.56 Å². The summed E-state index contributed by atoms with van der Waals surface area (Å²) in [5.41, 5.74) is 0.936. The maximum atomic E-state index is 11.7. The van der Waals surface area contributed by atoms with Crippen LogP contribution in [0.1, 0.15) is 18.4 Å². The summed E-state index contributed by atoms with van der Waals surface area (Å²) in [6.45, 7) is 5.26. The van der Waals surface area contributed by atoms with E-state index in [0.717, 1.165) is 44.6 Å². The van der Waals surface area contributed by atoms with Crippen molar-refractivity contribution in [1.82, 2.24) is 9.88 Å². The molecule has 0 unspecified atom stereocenters. The van der Waals surface area contributed by atoms with Crippen LogP contribution in [0.3, 0.4) is 0 Å².